The normalized spacial score (nSPS) is 15.3. The Hall–Kier alpha value is -1.82. The molecule has 1 aliphatic heterocycles. The van der Waals surface area contributed by atoms with Crippen molar-refractivity contribution >= 4 is 38.8 Å². The highest BCUT2D eigenvalue weighted by Crippen LogP contribution is 2.28. The highest BCUT2D eigenvalue weighted by molar-refractivity contribution is 9.10. The van der Waals surface area contributed by atoms with Gasteiger partial charge in [-0.2, -0.15) is 0 Å². The van der Waals surface area contributed by atoms with Gasteiger partial charge >= 0.3 is 5.97 Å². The summed E-state index contributed by atoms with van der Waals surface area (Å²) in [5.74, 6) is -0.573. The summed E-state index contributed by atoms with van der Waals surface area (Å²) in [4.78, 5) is 26.3. The summed E-state index contributed by atoms with van der Waals surface area (Å²) in [7, 11) is 0. The molecule has 0 unspecified atom stereocenters. The molecular formula is C18H20BrNO4. The summed E-state index contributed by atoms with van der Waals surface area (Å²) in [6.45, 7) is 3.06. The van der Waals surface area contributed by atoms with Crippen LogP contribution >= 0.6 is 15.9 Å². The average Bonchev–Trinajstić information content (AvgIpc) is 2.77. The predicted octanol–water partition coefficient (Wildman–Crippen LogP) is 4.06. The van der Waals surface area contributed by atoms with E-state index in [9.17, 15) is 9.59 Å². The van der Waals surface area contributed by atoms with Gasteiger partial charge in [0.1, 0.15) is 5.58 Å². The predicted molar refractivity (Wildman–Crippen MR) is 94.0 cm³/mol. The maximum atomic E-state index is 12.3. The first kappa shape index (κ1) is 17.0. The maximum absolute atomic E-state index is 12.3. The second kappa shape index (κ2) is 7.38. The number of rotatable bonds is 3. The molecule has 0 aliphatic carbocycles. The number of halogens is 1. The van der Waals surface area contributed by atoms with Crippen molar-refractivity contribution in [2.24, 2.45) is 0 Å². The van der Waals surface area contributed by atoms with Crippen LogP contribution < -0.4 is 0 Å². The van der Waals surface area contributed by atoms with E-state index in [0.29, 0.717) is 5.58 Å². The van der Waals surface area contributed by atoms with Gasteiger partial charge in [0.2, 0.25) is 5.76 Å². The Morgan fingerprint density at radius 1 is 1.21 bits per heavy atom. The quantitative estimate of drug-likeness (QED) is 0.737. The van der Waals surface area contributed by atoms with E-state index < -0.39 is 5.97 Å². The fourth-order valence-corrected chi connectivity index (χ4v) is 3.35. The molecule has 2 aromatic rings. The van der Waals surface area contributed by atoms with Crippen LogP contribution in [0.4, 0.5) is 0 Å². The van der Waals surface area contributed by atoms with Gasteiger partial charge in [0.25, 0.3) is 5.91 Å². The summed E-state index contributed by atoms with van der Waals surface area (Å²) in [5, 5.41) is 0.857. The summed E-state index contributed by atoms with van der Waals surface area (Å²) >= 11 is 3.41. The number of likely N-dealkylation sites (tertiary alicyclic amines) is 1. The summed E-state index contributed by atoms with van der Waals surface area (Å²) in [6.07, 6.45) is 4.32. The molecule has 3 rings (SSSR count). The zero-order valence-corrected chi connectivity index (χ0v) is 15.2. The fraction of sp³-hybridized carbons (Fsp3) is 0.444. The molecule has 24 heavy (non-hydrogen) atoms. The van der Waals surface area contributed by atoms with E-state index in [-0.39, 0.29) is 18.3 Å². The molecule has 1 amide bonds. The van der Waals surface area contributed by atoms with Crippen molar-refractivity contribution < 1.29 is 18.7 Å². The molecule has 0 bridgehead atoms. The van der Waals surface area contributed by atoms with Gasteiger partial charge in [-0.1, -0.05) is 28.8 Å². The number of carbonyl (C=O) groups excluding carboxylic acids is 2. The molecule has 0 atom stereocenters. The van der Waals surface area contributed by atoms with E-state index in [0.717, 1.165) is 54.2 Å². The Morgan fingerprint density at radius 3 is 2.62 bits per heavy atom. The molecule has 5 nitrogen and oxygen atoms in total. The molecule has 1 fully saturated rings. The van der Waals surface area contributed by atoms with Gasteiger partial charge in [-0.05, 0) is 38.0 Å². The summed E-state index contributed by atoms with van der Waals surface area (Å²) in [5.41, 5.74) is 1.35. The van der Waals surface area contributed by atoms with Crippen LogP contribution in [0.3, 0.4) is 0 Å². The van der Waals surface area contributed by atoms with Crippen molar-refractivity contribution in [3.05, 3.63) is 34.0 Å². The van der Waals surface area contributed by atoms with Crippen LogP contribution in [-0.4, -0.2) is 36.5 Å². The minimum atomic E-state index is -0.594. The molecular weight excluding hydrogens is 374 g/mol. The van der Waals surface area contributed by atoms with Gasteiger partial charge in [-0.25, -0.2) is 4.79 Å². The Balaban J connectivity index is 1.66. The summed E-state index contributed by atoms with van der Waals surface area (Å²) in [6, 6.07) is 5.54. The topological polar surface area (TPSA) is 59.8 Å². The van der Waals surface area contributed by atoms with Gasteiger partial charge < -0.3 is 14.1 Å². The highest BCUT2D eigenvalue weighted by Gasteiger charge is 2.22. The number of benzene rings is 1. The molecule has 0 spiro atoms. The lowest BCUT2D eigenvalue weighted by atomic mass is 10.1. The molecule has 1 aromatic heterocycles. The van der Waals surface area contributed by atoms with Crippen LogP contribution in [-0.2, 0) is 9.53 Å². The number of carbonyl (C=O) groups is 2. The van der Waals surface area contributed by atoms with Gasteiger partial charge in [0.15, 0.2) is 6.61 Å². The van der Waals surface area contributed by atoms with Gasteiger partial charge in [0.05, 0.1) is 0 Å². The number of fused-ring (bicyclic) bond motifs is 1. The van der Waals surface area contributed by atoms with E-state index in [4.69, 9.17) is 9.15 Å². The van der Waals surface area contributed by atoms with Crippen LogP contribution in [0.15, 0.2) is 27.1 Å². The monoisotopic (exact) mass is 393 g/mol. The van der Waals surface area contributed by atoms with E-state index in [1.807, 2.05) is 19.1 Å². The molecule has 1 saturated heterocycles. The third-order valence-corrected chi connectivity index (χ3v) is 4.86. The first-order chi connectivity index (χ1) is 11.6. The van der Waals surface area contributed by atoms with Crippen LogP contribution in [0.5, 0.6) is 0 Å². The Bertz CT molecular complexity index is 760. The zero-order chi connectivity index (χ0) is 17.1. The van der Waals surface area contributed by atoms with Crippen LogP contribution in [0.2, 0.25) is 0 Å². The van der Waals surface area contributed by atoms with Crippen molar-refractivity contribution in [1.29, 1.82) is 0 Å². The minimum Gasteiger partial charge on any atom is -0.450 e. The number of hydrogen-bond acceptors (Lipinski definition) is 4. The smallest absolute Gasteiger partial charge is 0.375 e. The average molecular weight is 394 g/mol. The Morgan fingerprint density at radius 2 is 1.92 bits per heavy atom. The molecule has 0 N–H and O–H groups in total. The fourth-order valence-electron chi connectivity index (χ4n) is 2.99. The Kier molecular flexibility index (Phi) is 5.23. The molecule has 1 aliphatic rings. The number of aryl methyl sites for hydroxylation is 1. The molecule has 0 saturated carbocycles. The number of ether oxygens (including phenoxy) is 1. The van der Waals surface area contributed by atoms with Crippen molar-refractivity contribution in [3.63, 3.8) is 0 Å². The second-order valence-electron chi connectivity index (χ2n) is 6.07. The third-order valence-electron chi connectivity index (χ3n) is 4.37. The van der Waals surface area contributed by atoms with Crippen LogP contribution in [0.25, 0.3) is 11.0 Å². The molecule has 0 radical (unpaired) electrons. The Labute approximate surface area is 149 Å². The summed E-state index contributed by atoms with van der Waals surface area (Å²) < 4.78 is 11.7. The minimum absolute atomic E-state index is 0.137. The standard InChI is InChI=1S/C18H20BrNO4/c1-12-14-10-13(19)6-7-15(14)24-17(12)18(22)23-11-16(21)20-8-4-2-3-5-9-20/h6-7,10H,2-5,8-9,11H2,1H3. The molecule has 1 aromatic carbocycles. The highest BCUT2D eigenvalue weighted by atomic mass is 79.9. The van der Waals surface area contributed by atoms with Crippen molar-refractivity contribution in [1.82, 2.24) is 4.90 Å². The van der Waals surface area contributed by atoms with Gasteiger partial charge in [-0.3, -0.25) is 4.79 Å². The number of furan rings is 1. The van der Waals surface area contributed by atoms with Crippen molar-refractivity contribution in [2.45, 2.75) is 32.6 Å². The molecule has 128 valence electrons. The van der Waals surface area contributed by atoms with E-state index in [2.05, 4.69) is 15.9 Å². The van der Waals surface area contributed by atoms with E-state index in [1.165, 1.54) is 0 Å². The van der Waals surface area contributed by atoms with Crippen LogP contribution in [0.1, 0.15) is 41.8 Å². The van der Waals surface area contributed by atoms with E-state index in [1.54, 1.807) is 11.0 Å². The lowest BCUT2D eigenvalue weighted by Crippen LogP contribution is -2.35. The lowest BCUT2D eigenvalue weighted by molar-refractivity contribution is -0.134. The molecule has 2 heterocycles. The number of esters is 1. The largest absolute Gasteiger partial charge is 0.450 e. The third kappa shape index (κ3) is 3.64. The van der Waals surface area contributed by atoms with Crippen molar-refractivity contribution in [3.8, 4) is 0 Å². The first-order valence-electron chi connectivity index (χ1n) is 8.20. The number of nitrogens with zero attached hydrogens (tertiary/aromatic N) is 1. The second-order valence-corrected chi connectivity index (χ2v) is 6.98. The SMILES string of the molecule is Cc1c(C(=O)OCC(=O)N2CCCCCC2)oc2ccc(Br)cc12. The first-order valence-corrected chi connectivity index (χ1v) is 8.99. The van der Waals surface area contributed by atoms with Gasteiger partial charge in [0, 0.05) is 28.5 Å². The van der Waals surface area contributed by atoms with Crippen LogP contribution in [0, 0.1) is 6.92 Å². The number of amides is 1. The maximum Gasteiger partial charge on any atom is 0.375 e. The van der Waals surface area contributed by atoms with E-state index >= 15 is 0 Å². The molecule has 6 heteroatoms. The number of hydrogen-bond donors (Lipinski definition) is 0. The van der Waals surface area contributed by atoms with Crippen molar-refractivity contribution in [2.75, 3.05) is 19.7 Å². The van der Waals surface area contributed by atoms with Gasteiger partial charge in [-0.15, -0.1) is 0 Å². The zero-order valence-electron chi connectivity index (χ0n) is 13.6. The lowest BCUT2D eigenvalue weighted by Gasteiger charge is -2.19.